The van der Waals surface area contributed by atoms with Crippen LogP contribution in [0.4, 0.5) is 0 Å². The maximum Gasteiger partial charge on any atom is 0.254 e. The van der Waals surface area contributed by atoms with Crippen molar-refractivity contribution >= 4 is 33.4 Å². The largest absolute Gasteiger partial charge is 0.335 e. The second-order valence-corrected chi connectivity index (χ2v) is 5.51. The molecule has 0 atom stereocenters. The third-order valence-electron chi connectivity index (χ3n) is 3.19. The lowest BCUT2D eigenvalue weighted by molar-refractivity contribution is 0.0599. The summed E-state index contributed by atoms with van der Waals surface area (Å²) in [6.07, 6.45) is 3.50. The average Bonchev–Trinajstić information content (AvgIpc) is 2.26. The third-order valence-corrected chi connectivity index (χ3v) is 3.80. The molecule has 4 heteroatoms. The first kappa shape index (κ1) is 12.9. The molecule has 92 valence electrons. The molecular weight excluding hydrogens is 302 g/mol. The molecule has 0 unspecified atom stereocenters. The molecule has 1 aromatic carbocycles. The molecule has 0 spiro atoms. The fourth-order valence-corrected chi connectivity index (χ4v) is 2.51. The lowest BCUT2D eigenvalue weighted by Crippen LogP contribution is -2.45. The Morgan fingerprint density at radius 1 is 1.35 bits per heavy atom. The summed E-state index contributed by atoms with van der Waals surface area (Å²) in [6, 6.07) is 7.55. The van der Waals surface area contributed by atoms with Crippen LogP contribution in [0.2, 0.25) is 5.02 Å². The summed E-state index contributed by atoms with van der Waals surface area (Å²) in [4.78, 5) is 14.3. The molecule has 1 amide bonds. The summed E-state index contributed by atoms with van der Waals surface area (Å²) in [7, 11) is 0. The van der Waals surface area contributed by atoms with Crippen molar-refractivity contribution in [1.82, 2.24) is 4.90 Å². The first-order chi connectivity index (χ1) is 8.22. The van der Waals surface area contributed by atoms with E-state index in [4.69, 9.17) is 11.6 Å². The summed E-state index contributed by atoms with van der Waals surface area (Å²) in [5.41, 5.74) is 0.724. The van der Waals surface area contributed by atoms with Crippen molar-refractivity contribution in [3.05, 3.63) is 34.9 Å². The number of alkyl halides is 1. The van der Waals surface area contributed by atoms with Crippen LogP contribution in [0.15, 0.2) is 24.3 Å². The molecule has 17 heavy (non-hydrogen) atoms. The molecule has 0 bridgehead atoms. The maximum absolute atomic E-state index is 12.3. The van der Waals surface area contributed by atoms with E-state index < -0.39 is 0 Å². The van der Waals surface area contributed by atoms with Gasteiger partial charge in [-0.25, -0.2) is 0 Å². The van der Waals surface area contributed by atoms with Crippen LogP contribution < -0.4 is 0 Å². The number of nitrogens with zero attached hydrogens (tertiary/aromatic N) is 1. The van der Waals surface area contributed by atoms with E-state index >= 15 is 0 Å². The zero-order valence-corrected chi connectivity index (χ0v) is 11.9. The Morgan fingerprint density at radius 3 is 2.47 bits per heavy atom. The van der Waals surface area contributed by atoms with E-state index in [9.17, 15) is 4.79 Å². The Hall–Kier alpha value is -0.540. The molecule has 0 aliphatic heterocycles. The number of halogens is 2. The highest BCUT2D eigenvalue weighted by molar-refractivity contribution is 9.09. The van der Waals surface area contributed by atoms with Crippen molar-refractivity contribution in [2.24, 2.45) is 0 Å². The van der Waals surface area contributed by atoms with Crippen molar-refractivity contribution in [3.8, 4) is 0 Å². The van der Waals surface area contributed by atoms with Gasteiger partial charge in [0.25, 0.3) is 5.91 Å². The van der Waals surface area contributed by atoms with Crippen LogP contribution in [0.1, 0.15) is 29.6 Å². The maximum atomic E-state index is 12.3. The van der Waals surface area contributed by atoms with Crippen molar-refractivity contribution in [2.75, 3.05) is 11.9 Å². The van der Waals surface area contributed by atoms with Gasteiger partial charge in [0.05, 0.1) is 0 Å². The van der Waals surface area contributed by atoms with Gasteiger partial charge in [-0.1, -0.05) is 27.5 Å². The summed E-state index contributed by atoms with van der Waals surface area (Å²) in [6.45, 7) is 0.770. The van der Waals surface area contributed by atoms with Gasteiger partial charge in [0.1, 0.15) is 0 Å². The highest BCUT2D eigenvalue weighted by atomic mass is 79.9. The minimum absolute atomic E-state index is 0.116. The molecule has 1 fully saturated rings. The van der Waals surface area contributed by atoms with Gasteiger partial charge >= 0.3 is 0 Å². The summed E-state index contributed by atoms with van der Waals surface area (Å²) < 4.78 is 0. The fraction of sp³-hybridized carbons (Fsp3) is 0.462. The Labute approximate surface area is 115 Å². The molecule has 0 aromatic heterocycles. The van der Waals surface area contributed by atoms with Crippen LogP contribution in [0.25, 0.3) is 0 Å². The number of carbonyl (C=O) groups excluding carboxylic acids is 1. The van der Waals surface area contributed by atoms with E-state index in [-0.39, 0.29) is 5.91 Å². The highest BCUT2D eigenvalue weighted by Gasteiger charge is 2.28. The topological polar surface area (TPSA) is 20.3 Å². The van der Waals surface area contributed by atoms with Crippen LogP contribution in [-0.4, -0.2) is 28.7 Å². The Balaban J connectivity index is 2.12. The van der Waals surface area contributed by atoms with Crippen LogP contribution in [-0.2, 0) is 0 Å². The van der Waals surface area contributed by atoms with E-state index in [2.05, 4.69) is 15.9 Å². The third kappa shape index (κ3) is 3.02. The van der Waals surface area contributed by atoms with E-state index in [1.165, 1.54) is 6.42 Å². The Bertz CT molecular complexity index is 389. The zero-order valence-electron chi connectivity index (χ0n) is 9.53. The molecule has 2 rings (SSSR count). The molecule has 0 radical (unpaired) electrons. The van der Waals surface area contributed by atoms with E-state index in [0.29, 0.717) is 11.1 Å². The van der Waals surface area contributed by atoms with Crippen molar-refractivity contribution < 1.29 is 4.79 Å². The van der Waals surface area contributed by atoms with Crippen molar-refractivity contribution in [1.29, 1.82) is 0 Å². The van der Waals surface area contributed by atoms with Gasteiger partial charge in [-0.2, -0.15) is 0 Å². The van der Waals surface area contributed by atoms with Gasteiger partial charge in [0, 0.05) is 28.5 Å². The van der Waals surface area contributed by atoms with Crippen LogP contribution in [0.3, 0.4) is 0 Å². The second-order valence-electron chi connectivity index (χ2n) is 4.28. The van der Waals surface area contributed by atoms with Gasteiger partial charge in [-0.05, 0) is 43.5 Å². The summed E-state index contributed by atoms with van der Waals surface area (Å²) in [5, 5.41) is 1.49. The number of benzene rings is 1. The summed E-state index contributed by atoms with van der Waals surface area (Å²) in [5.74, 6) is 0.116. The second kappa shape index (κ2) is 5.87. The quantitative estimate of drug-likeness (QED) is 0.775. The van der Waals surface area contributed by atoms with Gasteiger partial charge in [-0.3, -0.25) is 4.79 Å². The Morgan fingerprint density at radius 2 is 2.00 bits per heavy atom. The van der Waals surface area contributed by atoms with Gasteiger partial charge in [0.2, 0.25) is 0 Å². The minimum atomic E-state index is 0.116. The number of rotatable bonds is 4. The van der Waals surface area contributed by atoms with Crippen LogP contribution >= 0.6 is 27.5 Å². The first-order valence-electron chi connectivity index (χ1n) is 5.85. The van der Waals surface area contributed by atoms with Crippen molar-refractivity contribution in [3.63, 3.8) is 0 Å². The zero-order chi connectivity index (χ0) is 12.3. The predicted molar refractivity (Wildman–Crippen MR) is 73.9 cm³/mol. The van der Waals surface area contributed by atoms with Gasteiger partial charge in [-0.15, -0.1) is 0 Å². The molecule has 1 saturated carbocycles. The lowest BCUT2D eigenvalue weighted by atomic mass is 9.91. The average molecular weight is 317 g/mol. The van der Waals surface area contributed by atoms with E-state index in [1.807, 2.05) is 4.90 Å². The molecule has 1 aromatic rings. The lowest BCUT2D eigenvalue weighted by Gasteiger charge is -2.37. The number of carbonyl (C=O) groups is 1. The number of amides is 1. The molecule has 1 aliphatic rings. The van der Waals surface area contributed by atoms with Gasteiger partial charge in [0.15, 0.2) is 0 Å². The molecule has 0 N–H and O–H groups in total. The molecule has 2 nitrogen and oxygen atoms in total. The first-order valence-corrected chi connectivity index (χ1v) is 7.35. The van der Waals surface area contributed by atoms with E-state index in [0.717, 1.165) is 30.3 Å². The normalized spacial score (nSPS) is 15.4. The van der Waals surface area contributed by atoms with Crippen molar-refractivity contribution in [2.45, 2.75) is 25.3 Å². The monoisotopic (exact) mass is 315 g/mol. The number of hydrogen-bond acceptors (Lipinski definition) is 1. The SMILES string of the molecule is O=C(c1ccc(Cl)cc1)N(CCBr)C1CCC1. The summed E-state index contributed by atoms with van der Waals surface area (Å²) >= 11 is 9.23. The molecule has 1 aliphatic carbocycles. The minimum Gasteiger partial charge on any atom is -0.335 e. The molecule has 0 heterocycles. The molecule has 0 saturated heterocycles. The van der Waals surface area contributed by atoms with Gasteiger partial charge < -0.3 is 4.90 Å². The molecular formula is C13H15BrClNO. The predicted octanol–water partition coefficient (Wildman–Crippen LogP) is 3.73. The van der Waals surface area contributed by atoms with Crippen LogP contribution in [0, 0.1) is 0 Å². The standard InChI is InChI=1S/C13H15BrClNO/c14-8-9-16(12-2-1-3-12)13(17)10-4-6-11(15)7-5-10/h4-7,12H,1-3,8-9H2. The smallest absolute Gasteiger partial charge is 0.254 e. The van der Waals surface area contributed by atoms with E-state index in [1.54, 1.807) is 24.3 Å². The fourth-order valence-electron chi connectivity index (χ4n) is 2.00. The number of hydrogen-bond donors (Lipinski definition) is 0. The highest BCUT2D eigenvalue weighted by Crippen LogP contribution is 2.26. The van der Waals surface area contributed by atoms with Crippen LogP contribution in [0.5, 0.6) is 0 Å². The Kier molecular flexibility index (Phi) is 4.46.